The van der Waals surface area contributed by atoms with Crippen molar-refractivity contribution in [2.45, 2.75) is 25.9 Å². The number of anilines is 1. The first kappa shape index (κ1) is 15.7. The van der Waals surface area contributed by atoms with Gasteiger partial charge in [0, 0.05) is 19.7 Å². The fourth-order valence-corrected chi connectivity index (χ4v) is 2.96. The fraction of sp³-hybridized carbons (Fsp3) is 0.312. The van der Waals surface area contributed by atoms with Crippen LogP contribution in [0.5, 0.6) is 0 Å². The van der Waals surface area contributed by atoms with Gasteiger partial charge >= 0.3 is 0 Å². The summed E-state index contributed by atoms with van der Waals surface area (Å²) in [6, 6.07) is 9.53. The topological polar surface area (TPSA) is 62.5 Å². The van der Waals surface area contributed by atoms with Crippen LogP contribution < -0.4 is 10.3 Å². The third kappa shape index (κ3) is 3.44. The van der Waals surface area contributed by atoms with Gasteiger partial charge in [0.1, 0.15) is 10.7 Å². The van der Waals surface area contributed by atoms with Crippen LogP contribution in [0.4, 0.5) is 5.69 Å². The fourth-order valence-electron chi connectivity index (χ4n) is 2.48. The number of amides is 1. The highest BCUT2D eigenvalue weighted by Gasteiger charge is 2.32. The average Bonchev–Trinajstić information content (AvgIpc) is 3.11. The summed E-state index contributed by atoms with van der Waals surface area (Å²) in [7, 11) is 1.86. The highest BCUT2D eigenvalue weighted by molar-refractivity contribution is 9.18. The molecule has 1 unspecified atom stereocenters. The Morgan fingerprint density at radius 2 is 2.09 bits per heavy atom. The van der Waals surface area contributed by atoms with E-state index in [9.17, 15) is 4.79 Å². The minimum atomic E-state index is -0.347. The normalized spacial score (nSPS) is 17.3. The van der Waals surface area contributed by atoms with Gasteiger partial charge < -0.3 is 5.32 Å². The highest BCUT2D eigenvalue weighted by atomic mass is 79.9. The quantitative estimate of drug-likeness (QED) is 0.891. The zero-order valence-electron chi connectivity index (χ0n) is 13.0. The number of hydrogen-bond acceptors (Lipinski definition) is 4. The Bertz CT molecular complexity index is 737. The summed E-state index contributed by atoms with van der Waals surface area (Å²) < 4.78 is 2.53. The predicted octanol–water partition coefficient (Wildman–Crippen LogP) is 2.33. The van der Waals surface area contributed by atoms with Crippen molar-refractivity contribution in [1.29, 1.82) is 0 Å². The van der Waals surface area contributed by atoms with Crippen molar-refractivity contribution in [3.8, 4) is 0 Å². The Morgan fingerprint density at radius 3 is 2.74 bits per heavy atom. The number of carbonyl (C=O) groups excluding carboxylic acids is 1. The van der Waals surface area contributed by atoms with Crippen LogP contribution in [0, 0.1) is 6.92 Å². The Hall–Kier alpha value is -2.15. The number of benzene rings is 1. The first-order chi connectivity index (χ1) is 11.0. The number of aryl methyl sites for hydroxylation is 2. The van der Waals surface area contributed by atoms with E-state index in [0.29, 0.717) is 13.0 Å². The van der Waals surface area contributed by atoms with Crippen LogP contribution in [-0.2, 0) is 18.4 Å². The van der Waals surface area contributed by atoms with E-state index in [-0.39, 0.29) is 11.9 Å². The number of nitrogens with one attached hydrogen (secondary N) is 1. The number of hydrogen-bond donors (Lipinski definition) is 1. The van der Waals surface area contributed by atoms with Crippen LogP contribution in [0.1, 0.15) is 17.7 Å². The van der Waals surface area contributed by atoms with Gasteiger partial charge in [0.25, 0.3) is 0 Å². The van der Waals surface area contributed by atoms with Gasteiger partial charge in [-0.3, -0.25) is 14.5 Å². The molecule has 1 amide bonds. The molecule has 3 rings (SSSR count). The summed E-state index contributed by atoms with van der Waals surface area (Å²) >= 11 is 3.41. The van der Waals surface area contributed by atoms with Gasteiger partial charge in [-0.25, -0.2) is 0 Å². The Morgan fingerprint density at radius 1 is 1.35 bits per heavy atom. The highest BCUT2D eigenvalue weighted by Crippen LogP contribution is 2.26. The number of carbonyl (C=O) groups is 1. The standard InChI is InChI=1S/C16H18BrN5O/c1-11-3-5-12(6-4-11)22-14(9-15(17)20-22)16(23)18-10-13-7-8-19-21(13)2/h3-8,14H,9-10H2,1-2H3,(H,18,23). The molecule has 0 saturated heterocycles. The van der Waals surface area contributed by atoms with Crippen molar-refractivity contribution in [1.82, 2.24) is 15.1 Å². The van der Waals surface area contributed by atoms with Gasteiger partial charge in [-0.2, -0.15) is 10.2 Å². The van der Waals surface area contributed by atoms with Crippen molar-refractivity contribution < 1.29 is 4.79 Å². The largest absolute Gasteiger partial charge is 0.349 e. The second-order valence-electron chi connectivity index (χ2n) is 5.54. The monoisotopic (exact) mass is 375 g/mol. The van der Waals surface area contributed by atoms with Crippen molar-refractivity contribution in [2.75, 3.05) is 5.01 Å². The molecular formula is C16H18BrN5O. The van der Waals surface area contributed by atoms with E-state index in [4.69, 9.17) is 0 Å². The molecule has 1 aromatic heterocycles. The molecule has 0 saturated carbocycles. The van der Waals surface area contributed by atoms with Gasteiger partial charge in [0.2, 0.25) is 5.91 Å². The predicted molar refractivity (Wildman–Crippen MR) is 93.5 cm³/mol. The number of aromatic nitrogens is 2. The first-order valence-electron chi connectivity index (χ1n) is 7.38. The molecule has 6 nitrogen and oxygen atoms in total. The number of rotatable bonds is 4. The van der Waals surface area contributed by atoms with Gasteiger partial charge in [0.15, 0.2) is 0 Å². The lowest BCUT2D eigenvalue weighted by Crippen LogP contribution is -2.42. The maximum Gasteiger partial charge on any atom is 0.245 e. The molecule has 1 N–H and O–H groups in total. The van der Waals surface area contributed by atoms with E-state index in [2.05, 4.69) is 31.4 Å². The average molecular weight is 376 g/mol. The van der Waals surface area contributed by atoms with Crippen LogP contribution in [0.15, 0.2) is 41.6 Å². The minimum absolute atomic E-state index is 0.0509. The molecule has 1 aromatic carbocycles. The van der Waals surface area contributed by atoms with Crippen LogP contribution in [0.3, 0.4) is 0 Å². The van der Waals surface area contributed by atoms with E-state index in [0.717, 1.165) is 16.0 Å². The molecule has 1 atom stereocenters. The summed E-state index contributed by atoms with van der Waals surface area (Å²) in [5.74, 6) is -0.0509. The second kappa shape index (κ2) is 6.54. The number of hydrazone groups is 1. The molecular weight excluding hydrogens is 358 g/mol. The van der Waals surface area contributed by atoms with Crippen molar-refractivity contribution in [3.05, 3.63) is 47.8 Å². The number of halogens is 1. The molecule has 0 fully saturated rings. The summed E-state index contributed by atoms with van der Waals surface area (Å²) in [5.41, 5.74) is 3.04. The molecule has 1 aliphatic rings. The van der Waals surface area contributed by atoms with Crippen LogP contribution in [0.25, 0.3) is 0 Å². The minimum Gasteiger partial charge on any atom is -0.349 e. The maximum absolute atomic E-state index is 12.6. The zero-order valence-corrected chi connectivity index (χ0v) is 14.6. The van der Waals surface area contributed by atoms with Crippen molar-refractivity contribution >= 4 is 32.1 Å². The molecule has 7 heteroatoms. The van der Waals surface area contributed by atoms with Crippen LogP contribution >= 0.6 is 15.9 Å². The summed E-state index contributed by atoms with van der Waals surface area (Å²) in [4.78, 5) is 12.6. The third-order valence-electron chi connectivity index (χ3n) is 3.84. The Kier molecular flexibility index (Phi) is 4.47. The van der Waals surface area contributed by atoms with Gasteiger partial charge in [-0.15, -0.1) is 0 Å². The zero-order chi connectivity index (χ0) is 16.4. The van der Waals surface area contributed by atoms with E-state index < -0.39 is 0 Å². The molecule has 23 heavy (non-hydrogen) atoms. The van der Waals surface area contributed by atoms with Gasteiger partial charge in [0.05, 0.1) is 17.9 Å². The first-order valence-corrected chi connectivity index (χ1v) is 8.17. The smallest absolute Gasteiger partial charge is 0.245 e. The Balaban J connectivity index is 1.71. The summed E-state index contributed by atoms with van der Waals surface area (Å²) in [5, 5.41) is 13.3. The van der Waals surface area contributed by atoms with E-state index in [1.54, 1.807) is 15.9 Å². The molecule has 0 spiro atoms. The summed E-state index contributed by atoms with van der Waals surface area (Å²) in [6.45, 7) is 2.48. The van der Waals surface area contributed by atoms with E-state index in [1.807, 2.05) is 44.3 Å². The van der Waals surface area contributed by atoms with Crippen molar-refractivity contribution in [2.24, 2.45) is 12.1 Å². The summed E-state index contributed by atoms with van der Waals surface area (Å²) in [6.07, 6.45) is 2.28. The van der Waals surface area contributed by atoms with Gasteiger partial charge in [-0.1, -0.05) is 17.7 Å². The molecule has 0 aliphatic carbocycles. The van der Waals surface area contributed by atoms with Gasteiger partial charge in [-0.05, 0) is 41.1 Å². The molecule has 2 aromatic rings. The number of nitrogens with zero attached hydrogens (tertiary/aromatic N) is 4. The molecule has 0 radical (unpaired) electrons. The third-order valence-corrected chi connectivity index (χ3v) is 4.32. The van der Waals surface area contributed by atoms with E-state index in [1.165, 1.54) is 5.56 Å². The van der Waals surface area contributed by atoms with Crippen LogP contribution in [0.2, 0.25) is 0 Å². The maximum atomic E-state index is 12.6. The lowest BCUT2D eigenvalue weighted by atomic mass is 10.1. The molecule has 1 aliphatic heterocycles. The molecule has 0 bridgehead atoms. The lowest BCUT2D eigenvalue weighted by molar-refractivity contribution is -0.122. The van der Waals surface area contributed by atoms with Crippen molar-refractivity contribution in [3.63, 3.8) is 0 Å². The second-order valence-corrected chi connectivity index (χ2v) is 6.46. The van der Waals surface area contributed by atoms with Crippen LogP contribution in [-0.4, -0.2) is 26.4 Å². The molecule has 2 heterocycles. The molecule has 120 valence electrons. The SMILES string of the molecule is Cc1ccc(N2N=C(Br)CC2C(=O)NCc2ccnn2C)cc1. The lowest BCUT2D eigenvalue weighted by Gasteiger charge is -2.23. The Labute approximate surface area is 143 Å². The van der Waals surface area contributed by atoms with E-state index >= 15 is 0 Å².